The van der Waals surface area contributed by atoms with Crippen molar-refractivity contribution in [1.82, 2.24) is 10.3 Å². The Labute approximate surface area is 112 Å². The van der Waals surface area contributed by atoms with E-state index in [-0.39, 0.29) is 6.04 Å². The number of aromatic nitrogens is 1. The molecule has 0 aliphatic carbocycles. The Bertz CT molecular complexity index is 510. The van der Waals surface area contributed by atoms with Gasteiger partial charge in [0.2, 0.25) is 0 Å². The summed E-state index contributed by atoms with van der Waals surface area (Å²) in [6.45, 7) is 2.18. The number of rotatable bonds is 5. The molecule has 96 valence electrons. The Kier molecular flexibility index (Phi) is 4.33. The predicted molar refractivity (Wildman–Crippen MR) is 75.4 cm³/mol. The molecule has 0 radical (unpaired) electrons. The van der Waals surface area contributed by atoms with Gasteiger partial charge in [0.1, 0.15) is 5.75 Å². The molecule has 0 aliphatic rings. The van der Waals surface area contributed by atoms with Crippen molar-refractivity contribution in [3.8, 4) is 5.75 Å². The van der Waals surface area contributed by atoms with Crippen molar-refractivity contribution < 1.29 is 4.74 Å². The lowest BCUT2D eigenvalue weighted by Crippen LogP contribution is -2.18. The van der Waals surface area contributed by atoms with Gasteiger partial charge in [-0.3, -0.25) is 4.98 Å². The van der Waals surface area contributed by atoms with Crippen molar-refractivity contribution in [2.75, 3.05) is 14.2 Å². The quantitative estimate of drug-likeness (QED) is 0.899. The van der Waals surface area contributed by atoms with Gasteiger partial charge < -0.3 is 10.1 Å². The highest BCUT2D eigenvalue weighted by atomic mass is 32.1. The normalized spacial score (nSPS) is 12.4. The first-order chi connectivity index (χ1) is 8.80. The molecule has 0 bridgehead atoms. The van der Waals surface area contributed by atoms with Gasteiger partial charge in [-0.1, -0.05) is 6.92 Å². The Balaban J connectivity index is 2.38. The first kappa shape index (κ1) is 13.1. The first-order valence-electron chi connectivity index (χ1n) is 6.02. The Morgan fingerprint density at radius 3 is 2.94 bits per heavy atom. The summed E-state index contributed by atoms with van der Waals surface area (Å²) < 4.78 is 5.24. The van der Waals surface area contributed by atoms with Crippen LogP contribution in [0.2, 0.25) is 0 Å². The third-order valence-electron chi connectivity index (χ3n) is 3.02. The highest BCUT2D eigenvalue weighted by Crippen LogP contribution is 2.30. The molecule has 1 unspecified atom stereocenters. The molecule has 2 heterocycles. The van der Waals surface area contributed by atoms with Crippen molar-refractivity contribution in [2.24, 2.45) is 0 Å². The summed E-state index contributed by atoms with van der Waals surface area (Å²) >= 11 is 1.78. The van der Waals surface area contributed by atoms with Crippen LogP contribution in [0.4, 0.5) is 0 Å². The summed E-state index contributed by atoms with van der Waals surface area (Å²) in [6.07, 6.45) is 4.67. The van der Waals surface area contributed by atoms with Crippen LogP contribution < -0.4 is 10.1 Å². The molecule has 3 nitrogen and oxygen atoms in total. The van der Waals surface area contributed by atoms with Gasteiger partial charge in [0, 0.05) is 11.1 Å². The van der Waals surface area contributed by atoms with Crippen LogP contribution >= 0.6 is 11.3 Å². The topological polar surface area (TPSA) is 34.2 Å². The Morgan fingerprint density at radius 2 is 2.28 bits per heavy atom. The molecule has 0 saturated heterocycles. The maximum Gasteiger partial charge on any atom is 0.137 e. The zero-order valence-corrected chi connectivity index (χ0v) is 11.8. The number of hydrogen-bond acceptors (Lipinski definition) is 4. The molecule has 2 rings (SSSR count). The van der Waals surface area contributed by atoms with Gasteiger partial charge in [-0.05, 0) is 42.1 Å². The monoisotopic (exact) mass is 262 g/mol. The number of thiophene rings is 1. The second-order valence-corrected chi connectivity index (χ2v) is 4.99. The Morgan fingerprint density at radius 1 is 1.44 bits per heavy atom. The van der Waals surface area contributed by atoms with Crippen LogP contribution in [-0.2, 0) is 6.42 Å². The fourth-order valence-corrected chi connectivity index (χ4v) is 3.18. The highest BCUT2D eigenvalue weighted by Gasteiger charge is 2.17. The number of hydrogen-bond donors (Lipinski definition) is 1. The van der Waals surface area contributed by atoms with E-state index < -0.39 is 0 Å². The van der Waals surface area contributed by atoms with Gasteiger partial charge in [-0.25, -0.2) is 0 Å². The van der Waals surface area contributed by atoms with Crippen LogP contribution in [0.5, 0.6) is 5.75 Å². The minimum atomic E-state index is 0.183. The maximum atomic E-state index is 5.24. The van der Waals surface area contributed by atoms with E-state index in [4.69, 9.17) is 4.74 Å². The molecule has 4 heteroatoms. The summed E-state index contributed by atoms with van der Waals surface area (Å²) in [5.41, 5.74) is 2.52. The molecule has 1 atom stereocenters. The lowest BCUT2D eigenvalue weighted by atomic mass is 10.0. The van der Waals surface area contributed by atoms with Gasteiger partial charge in [-0.15, -0.1) is 11.3 Å². The summed E-state index contributed by atoms with van der Waals surface area (Å²) in [7, 11) is 3.64. The summed E-state index contributed by atoms with van der Waals surface area (Å²) in [5, 5.41) is 5.51. The molecule has 1 N–H and O–H groups in total. The lowest BCUT2D eigenvalue weighted by molar-refractivity contribution is 0.411. The van der Waals surface area contributed by atoms with E-state index in [1.165, 1.54) is 10.4 Å². The zero-order valence-electron chi connectivity index (χ0n) is 10.9. The molecule has 0 amide bonds. The standard InChI is InChI=1S/C14H18N2OS/c1-4-10-5-6-18-14(10)13(15-2)11-7-12(17-3)9-16-8-11/h5-9,13,15H,4H2,1-3H3. The molecule has 0 aliphatic heterocycles. The molecular weight excluding hydrogens is 244 g/mol. The predicted octanol–water partition coefficient (Wildman–Crippen LogP) is 3.02. The van der Waals surface area contributed by atoms with Gasteiger partial charge in [-0.2, -0.15) is 0 Å². The van der Waals surface area contributed by atoms with Crippen LogP contribution in [0, 0.1) is 0 Å². The number of nitrogens with one attached hydrogen (secondary N) is 1. The Hall–Kier alpha value is -1.39. The number of ether oxygens (including phenoxy) is 1. The summed E-state index contributed by atoms with van der Waals surface area (Å²) in [6, 6.07) is 4.41. The fraction of sp³-hybridized carbons (Fsp3) is 0.357. The molecule has 0 fully saturated rings. The smallest absolute Gasteiger partial charge is 0.137 e. The molecule has 0 spiro atoms. The molecular formula is C14H18N2OS. The van der Waals surface area contributed by atoms with Crippen molar-refractivity contribution in [1.29, 1.82) is 0 Å². The SMILES string of the molecule is CCc1ccsc1C(NC)c1cncc(OC)c1. The highest BCUT2D eigenvalue weighted by molar-refractivity contribution is 7.10. The second kappa shape index (κ2) is 5.98. The van der Waals surface area contributed by atoms with E-state index in [1.807, 2.05) is 19.3 Å². The number of nitrogens with zero attached hydrogens (tertiary/aromatic N) is 1. The second-order valence-electron chi connectivity index (χ2n) is 4.04. The van der Waals surface area contributed by atoms with Crippen molar-refractivity contribution in [3.63, 3.8) is 0 Å². The van der Waals surface area contributed by atoms with Crippen LogP contribution in [-0.4, -0.2) is 19.1 Å². The van der Waals surface area contributed by atoms with Gasteiger partial charge in [0.15, 0.2) is 0 Å². The maximum absolute atomic E-state index is 5.24. The van der Waals surface area contributed by atoms with Crippen LogP contribution in [0.3, 0.4) is 0 Å². The fourth-order valence-electron chi connectivity index (χ4n) is 2.05. The van der Waals surface area contributed by atoms with E-state index >= 15 is 0 Å². The summed E-state index contributed by atoms with van der Waals surface area (Å²) in [4.78, 5) is 5.59. The van der Waals surface area contributed by atoms with Crippen LogP contribution in [0.1, 0.15) is 29.0 Å². The van der Waals surface area contributed by atoms with Crippen molar-refractivity contribution in [3.05, 3.63) is 45.9 Å². The molecule has 2 aromatic rings. The van der Waals surface area contributed by atoms with Gasteiger partial charge >= 0.3 is 0 Å². The van der Waals surface area contributed by atoms with Crippen LogP contribution in [0.25, 0.3) is 0 Å². The van der Waals surface area contributed by atoms with E-state index in [1.54, 1.807) is 24.6 Å². The average Bonchev–Trinajstić information content (AvgIpc) is 2.88. The molecule has 2 aromatic heterocycles. The minimum absolute atomic E-state index is 0.183. The minimum Gasteiger partial charge on any atom is -0.495 e. The number of methoxy groups -OCH3 is 1. The lowest BCUT2D eigenvalue weighted by Gasteiger charge is -2.17. The van der Waals surface area contributed by atoms with E-state index in [0.717, 1.165) is 17.7 Å². The largest absolute Gasteiger partial charge is 0.495 e. The van der Waals surface area contributed by atoms with Gasteiger partial charge in [0.05, 0.1) is 19.3 Å². The van der Waals surface area contributed by atoms with E-state index in [2.05, 4.69) is 28.7 Å². The third kappa shape index (κ3) is 2.54. The molecule has 0 saturated carbocycles. The van der Waals surface area contributed by atoms with Gasteiger partial charge in [0.25, 0.3) is 0 Å². The molecule has 18 heavy (non-hydrogen) atoms. The average molecular weight is 262 g/mol. The van der Waals surface area contributed by atoms with Crippen LogP contribution in [0.15, 0.2) is 29.9 Å². The van der Waals surface area contributed by atoms with Crippen molar-refractivity contribution >= 4 is 11.3 Å². The summed E-state index contributed by atoms with van der Waals surface area (Å²) in [5.74, 6) is 0.794. The zero-order chi connectivity index (χ0) is 13.0. The van der Waals surface area contributed by atoms with Crippen molar-refractivity contribution in [2.45, 2.75) is 19.4 Å². The van der Waals surface area contributed by atoms with E-state index in [0.29, 0.717) is 0 Å². The number of aryl methyl sites for hydroxylation is 1. The third-order valence-corrected chi connectivity index (χ3v) is 4.04. The first-order valence-corrected chi connectivity index (χ1v) is 6.90. The molecule has 0 aromatic carbocycles. The number of pyridine rings is 1. The van der Waals surface area contributed by atoms with E-state index in [9.17, 15) is 0 Å².